The number of carbonyl (C=O) groups excluding carboxylic acids is 1. The van der Waals surface area contributed by atoms with Gasteiger partial charge in [0.05, 0.1) is 18.8 Å². The standard InChI is InChI=1S/C9H14O3/c1-7(2)12-9(10)6-8-4-3-5-11-8/h6-7H,3-5H2,1-2H3/b8-6-. The summed E-state index contributed by atoms with van der Waals surface area (Å²) < 4.78 is 10.1. The van der Waals surface area contributed by atoms with Gasteiger partial charge in [0, 0.05) is 6.42 Å². The predicted molar refractivity (Wildman–Crippen MR) is 44.5 cm³/mol. The van der Waals surface area contributed by atoms with Crippen molar-refractivity contribution in [3.8, 4) is 0 Å². The summed E-state index contributed by atoms with van der Waals surface area (Å²) >= 11 is 0. The molecule has 0 unspecified atom stereocenters. The van der Waals surface area contributed by atoms with Crippen LogP contribution < -0.4 is 0 Å². The molecule has 0 amide bonds. The third-order valence-electron chi connectivity index (χ3n) is 1.49. The van der Waals surface area contributed by atoms with Crippen LogP contribution in [0.2, 0.25) is 0 Å². The van der Waals surface area contributed by atoms with Gasteiger partial charge in [-0.1, -0.05) is 0 Å². The molecule has 1 rings (SSSR count). The fourth-order valence-corrected chi connectivity index (χ4v) is 1.03. The molecule has 12 heavy (non-hydrogen) atoms. The van der Waals surface area contributed by atoms with Gasteiger partial charge >= 0.3 is 5.97 Å². The third-order valence-corrected chi connectivity index (χ3v) is 1.49. The second kappa shape index (κ2) is 4.14. The van der Waals surface area contributed by atoms with Crippen LogP contribution in [0.15, 0.2) is 11.8 Å². The highest BCUT2D eigenvalue weighted by atomic mass is 16.5. The first-order valence-electron chi connectivity index (χ1n) is 4.22. The lowest BCUT2D eigenvalue weighted by Crippen LogP contribution is -2.09. The van der Waals surface area contributed by atoms with Gasteiger partial charge in [0.25, 0.3) is 0 Å². The molecule has 0 N–H and O–H groups in total. The zero-order valence-corrected chi connectivity index (χ0v) is 7.50. The summed E-state index contributed by atoms with van der Waals surface area (Å²) in [6, 6.07) is 0. The maximum absolute atomic E-state index is 11.0. The summed E-state index contributed by atoms with van der Waals surface area (Å²) in [5.41, 5.74) is 0. The van der Waals surface area contributed by atoms with E-state index in [1.807, 2.05) is 13.8 Å². The van der Waals surface area contributed by atoms with Crippen molar-refractivity contribution in [2.24, 2.45) is 0 Å². The van der Waals surface area contributed by atoms with Crippen LogP contribution in [0.25, 0.3) is 0 Å². The van der Waals surface area contributed by atoms with Gasteiger partial charge in [-0.15, -0.1) is 0 Å². The fraction of sp³-hybridized carbons (Fsp3) is 0.667. The largest absolute Gasteiger partial charge is 0.498 e. The van der Waals surface area contributed by atoms with Crippen LogP contribution in [-0.2, 0) is 14.3 Å². The third kappa shape index (κ3) is 2.95. The summed E-state index contributed by atoms with van der Waals surface area (Å²) in [4.78, 5) is 11.0. The summed E-state index contributed by atoms with van der Waals surface area (Å²) in [7, 11) is 0. The molecule has 1 saturated heterocycles. The number of hydrogen-bond donors (Lipinski definition) is 0. The van der Waals surface area contributed by atoms with E-state index in [1.165, 1.54) is 6.08 Å². The molecule has 1 fully saturated rings. The minimum absolute atomic E-state index is 0.0595. The van der Waals surface area contributed by atoms with Crippen molar-refractivity contribution in [2.45, 2.75) is 32.8 Å². The molecule has 0 aliphatic carbocycles. The molecular formula is C9H14O3. The van der Waals surface area contributed by atoms with Crippen LogP contribution in [0, 0.1) is 0 Å². The van der Waals surface area contributed by atoms with Crippen molar-refractivity contribution < 1.29 is 14.3 Å². The predicted octanol–water partition coefficient (Wildman–Crippen LogP) is 1.63. The van der Waals surface area contributed by atoms with Gasteiger partial charge in [0.15, 0.2) is 0 Å². The summed E-state index contributed by atoms with van der Waals surface area (Å²) in [6.45, 7) is 4.37. The van der Waals surface area contributed by atoms with Gasteiger partial charge in [-0.05, 0) is 20.3 Å². The molecule has 1 heterocycles. The van der Waals surface area contributed by atoms with E-state index in [9.17, 15) is 4.79 Å². The molecular weight excluding hydrogens is 156 g/mol. The maximum Gasteiger partial charge on any atom is 0.334 e. The number of carbonyl (C=O) groups is 1. The van der Waals surface area contributed by atoms with Crippen LogP contribution in [0.3, 0.4) is 0 Å². The van der Waals surface area contributed by atoms with Gasteiger partial charge in [0.2, 0.25) is 0 Å². The smallest absolute Gasteiger partial charge is 0.334 e. The molecule has 0 atom stereocenters. The van der Waals surface area contributed by atoms with E-state index in [2.05, 4.69) is 0 Å². The lowest BCUT2D eigenvalue weighted by atomic mass is 10.3. The van der Waals surface area contributed by atoms with E-state index in [1.54, 1.807) is 0 Å². The molecule has 3 nitrogen and oxygen atoms in total. The average molecular weight is 170 g/mol. The molecule has 0 radical (unpaired) electrons. The molecule has 1 aliphatic heterocycles. The lowest BCUT2D eigenvalue weighted by Gasteiger charge is -2.04. The summed E-state index contributed by atoms with van der Waals surface area (Å²) in [6.07, 6.45) is 3.23. The average Bonchev–Trinajstić information content (AvgIpc) is 2.37. The molecule has 0 bridgehead atoms. The van der Waals surface area contributed by atoms with E-state index < -0.39 is 0 Å². The number of hydrogen-bond acceptors (Lipinski definition) is 3. The number of ether oxygens (including phenoxy) is 2. The normalized spacial score (nSPS) is 19.8. The Kier molecular flexibility index (Phi) is 3.14. The van der Waals surface area contributed by atoms with Gasteiger partial charge in [-0.2, -0.15) is 0 Å². The second-order valence-electron chi connectivity index (χ2n) is 3.05. The van der Waals surface area contributed by atoms with Crippen molar-refractivity contribution in [3.63, 3.8) is 0 Å². The van der Waals surface area contributed by atoms with Crippen LogP contribution in [0.1, 0.15) is 26.7 Å². The Morgan fingerprint density at radius 3 is 2.92 bits per heavy atom. The Morgan fingerprint density at radius 2 is 2.42 bits per heavy atom. The Bertz CT molecular complexity index is 186. The van der Waals surface area contributed by atoms with Crippen molar-refractivity contribution >= 4 is 5.97 Å². The van der Waals surface area contributed by atoms with Gasteiger partial charge < -0.3 is 9.47 Å². The lowest BCUT2D eigenvalue weighted by molar-refractivity contribution is -0.141. The molecule has 3 heteroatoms. The van der Waals surface area contributed by atoms with Crippen molar-refractivity contribution in [3.05, 3.63) is 11.8 Å². The second-order valence-corrected chi connectivity index (χ2v) is 3.05. The van der Waals surface area contributed by atoms with E-state index in [0.29, 0.717) is 0 Å². The van der Waals surface area contributed by atoms with Crippen molar-refractivity contribution in [1.82, 2.24) is 0 Å². The van der Waals surface area contributed by atoms with Crippen LogP contribution in [0.4, 0.5) is 0 Å². The SMILES string of the molecule is CC(C)OC(=O)/C=C1/CCCO1. The minimum Gasteiger partial charge on any atom is -0.498 e. The fourth-order valence-electron chi connectivity index (χ4n) is 1.03. The Hall–Kier alpha value is -0.990. The Labute approximate surface area is 72.4 Å². The minimum atomic E-state index is -0.304. The first-order chi connectivity index (χ1) is 5.68. The molecule has 0 saturated carbocycles. The van der Waals surface area contributed by atoms with E-state index in [0.717, 1.165) is 25.2 Å². The highest BCUT2D eigenvalue weighted by Crippen LogP contribution is 2.15. The maximum atomic E-state index is 11.0. The summed E-state index contributed by atoms with van der Waals surface area (Å²) in [5, 5.41) is 0. The Balaban J connectivity index is 2.38. The number of esters is 1. The highest BCUT2D eigenvalue weighted by molar-refractivity contribution is 5.82. The molecule has 0 aromatic carbocycles. The summed E-state index contributed by atoms with van der Waals surface area (Å²) in [5.74, 6) is 0.447. The van der Waals surface area contributed by atoms with E-state index >= 15 is 0 Å². The topological polar surface area (TPSA) is 35.5 Å². The highest BCUT2D eigenvalue weighted by Gasteiger charge is 2.10. The monoisotopic (exact) mass is 170 g/mol. The van der Waals surface area contributed by atoms with Gasteiger partial charge in [-0.25, -0.2) is 4.79 Å². The molecule has 0 aromatic rings. The molecule has 68 valence electrons. The van der Waals surface area contributed by atoms with Crippen LogP contribution in [0.5, 0.6) is 0 Å². The Morgan fingerprint density at radius 1 is 1.67 bits per heavy atom. The van der Waals surface area contributed by atoms with E-state index in [4.69, 9.17) is 9.47 Å². The quantitative estimate of drug-likeness (QED) is 0.466. The zero-order chi connectivity index (χ0) is 8.97. The first-order valence-corrected chi connectivity index (χ1v) is 4.22. The zero-order valence-electron chi connectivity index (χ0n) is 7.50. The van der Waals surface area contributed by atoms with Crippen LogP contribution >= 0.6 is 0 Å². The first kappa shape index (κ1) is 9.10. The van der Waals surface area contributed by atoms with Gasteiger partial charge in [-0.3, -0.25) is 0 Å². The van der Waals surface area contributed by atoms with E-state index in [-0.39, 0.29) is 12.1 Å². The molecule has 0 spiro atoms. The molecule has 0 aromatic heterocycles. The number of rotatable bonds is 2. The molecule has 1 aliphatic rings. The van der Waals surface area contributed by atoms with Crippen molar-refractivity contribution in [1.29, 1.82) is 0 Å². The van der Waals surface area contributed by atoms with Gasteiger partial charge in [0.1, 0.15) is 5.76 Å². The van der Waals surface area contributed by atoms with Crippen molar-refractivity contribution in [2.75, 3.05) is 6.61 Å². The van der Waals surface area contributed by atoms with Crippen LogP contribution in [-0.4, -0.2) is 18.7 Å². The number of allylic oxidation sites excluding steroid dienone is 1.